The van der Waals surface area contributed by atoms with Gasteiger partial charge in [0.25, 0.3) is 0 Å². The summed E-state index contributed by atoms with van der Waals surface area (Å²) in [6.45, 7) is 4.40. The number of carbonyl (C=O) groups is 1. The lowest BCUT2D eigenvalue weighted by Gasteiger charge is -2.33. The molecule has 0 aliphatic carbocycles. The molecular weight excluding hydrogens is 246 g/mol. The van der Waals surface area contributed by atoms with Gasteiger partial charge in [0.05, 0.1) is 0 Å². The topological polar surface area (TPSA) is 29.1 Å². The van der Waals surface area contributed by atoms with Crippen LogP contribution in [0, 0.1) is 5.92 Å². The predicted octanol–water partition coefficient (Wildman–Crippen LogP) is 3.69. The number of hydrogen-bond acceptors (Lipinski definition) is 1. The van der Waals surface area contributed by atoms with E-state index in [-0.39, 0.29) is 11.4 Å². The van der Waals surface area contributed by atoms with Crippen molar-refractivity contribution in [3.05, 3.63) is 48.0 Å². The summed E-state index contributed by atoms with van der Waals surface area (Å²) in [5.74, 6) is 0.639. The molecule has 0 aromatic heterocycles. The second-order valence-electron chi connectivity index (χ2n) is 6.22. The molecule has 3 rings (SSSR count). The van der Waals surface area contributed by atoms with Gasteiger partial charge in [-0.25, -0.2) is 0 Å². The van der Waals surface area contributed by atoms with Gasteiger partial charge in [0.15, 0.2) is 0 Å². The SMILES string of the molecule is CC(C)C1(Cc2ccc3ccccc3c2)CCC(=O)N1. The Bertz CT molecular complexity index is 647. The molecule has 0 bridgehead atoms. The first kappa shape index (κ1) is 13.2. The molecule has 2 nitrogen and oxygen atoms in total. The van der Waals surface area contributed by atoms with E-state index in [0.29, 0.717) is 12.3 Å². The second-order valence-corrected chi connectivity index (χ2v) is 6.22. The van der Waals surface area contributed by atoms with Crippen molar-refractivity contribution in [2.75, 3.05) is 0 Å². The van der Waals surface area contributed by atoms with Crippen molar-refractivity contribution < 1.29 is 4.79 Å². The molecule has 0 saturated carbocycles. The third-order valence-corrected chi connectivity index (χ3v) is 4.63. The van der Waals surface area contributed by atoms with E-state index in [1.807, 2.05) is 0 Å². The van der Waals surface area contributed by atoms with Gasteiger partial charge in [0, 0.05) is 12.0 Å². The van der Waals surface area contributed by atoms with Crippen molar-refractivity contribution in [2.24, 2.45) is 5.92 Å². The van der Waals surface area contributed by atoms with Crippen LogP contribution in [-0.4, -0.2) is 11.4 Å². The number of amides is 1. The predicted molar refractivity (Wildman–Crippen MR) is 82.6 cm³/mol. The Morgan fingerprint density at radius 3 is 2.55 bits per heavy atom. The average molecular weight is 267 g/mol. The molecule has 1 saturated heterocycles. The molecule has 2 aromatic carbocycles. The van der Waals surface area contributed by atoms with Crippen molar-refractivity contribution in [3.63, 3.8) is 0 Å². The van der Waals surface area contributed by atoms with Gasteiger partial charge in [-0.2, -0.15) is 0 Å². The zero-order valence-corrected chi connectivity index (χ0v) is 12.1. The summed E-state index contributed by atoms with van der Waals surface area (Å²) in [4.78, 5) is 11.7. The highest BCUT2D eigenvalue weighted by molar-refractivity contribution is 5.83. The van der Waals surface area contributed by atoms with Gasteiger partial charge < -0.3 is 5.32 Å². The van der Waals surface area contributed by atoms with E-state index in [4.69, 9.17) is 0 Å². The number of benzene rings is 2. The van der Waals surface area contributed by atoms with E-state index >= 15 is 0 Å². The van der Waals surface area contributed by atoms with E-state index in [0.717, 1.165) is 12.8 Å². The van der Waals surface area contributed by atoms with Crippen molar-refractivity contribution in [1.82, 2.24) is 5.32 Å². The van der Waals surface area contributed by atoms with Crippen molar-refractivity contribution in [2.45, 2.75) is 38.6 Å². The fourth-order valence-corrected chi connectivity index (χ4v) is 3.22. The number of nitrogens with one attached hydrogen (secondary N) is 1. The summed E-state index contributed by atoms with van der Waals surface area (Å²) in [5, 5.41) is 5.76. The second kappa shape index (κ2) is 4.93. The van der Waals surface area contributed by atoms with Crippen molar-refractivity contribution in [1.29, 1.82) is 0 Å². The Hall–Kier alpha value is -1.83. The first-order valence-electron chi connectivity index (χ1n) is 7.38. The molecule has 0 radical (unpaired) electrons. The fourth-order valence-electron chi connectivity index (χ4n) is 3.22. The Kier molecular flexibility index (Phi) is 3.25. The summed E-state index contributed by atoms with van der Waals surface area (Å²) >= 11 is 0. The van der Waals surface area contributed by atoms with Gasteiger partial charge in [-0.3, -0.25) is 4.79 Å². The lowest BCUT2D eigenvalue weighted by atomic mass is 9.79. The van der Waals surface area contributed by atoms with Crippen LogP contribution in [0.2, 0.25) is 0 Å². The van der Waals surface area contributed by atoms with Crippen LogP contribution >= 0.6 is 0 Å². The number of carbonyl (C=O) groups excluding carboxylic acids is 1. The normalized spacial score (nSPS) is 22.4. The molecule has 1 aliphatic heterocycles. The summed E-state index contributed by atoms with van der Waals surface area (Å²) < 4.78 is 0. The largest absolute Gasteiger partial charge is 0.350 e. The molecule has 1 fully saturated rings. The molecule has 2 aromatic rings. The molecule has 1 atom stereocenters. The van der Waals surface area contributed by atoms with Gasteiger partial charge >= 0.3 is 0 Å². The molecule has 104 valence electrons. The first-order chi connectivity index (χ1) is 9.59. The van der Waals surface area contributed by atoms with Crippen LogP contribution in [0.5, 0.6) is 0 Å². The van der Waals surface area contributed by atoms with Crippen LogP contribution in [-0.2, 0) is 11.2 Å². The van der Waals surface area contributed by atoms with Crippen molar-refractivity contribution in [3.8, 4) is 0 Å². The Labute approximate surface area is 120 Å². The Morgan fingerprint density at radius 2 is 1.90 bits per heavy atom. The third-order valence-electron chi connectivity index (χ3n) is 4.63. The highest BCUT2D eigenvalue weighted by atomic mass is 16.2. The number of rotatable bonds is 3. The highest BCUT2D eigenvalue weighted by Gasteiger charge is 2.40. The van der Waals surface area contributed by atoms with Crippen LogP contribution in [0.3, 0.4) is 0 Å². The van der Waals surface area contributed by atoms with E-state index in [1.165, 1.54) is 16.3 Å². The minimum atomic E-state index is -0.0699. The Morgan fingerprint density at radius 1 is 1.15 bits per heavy atom. The maximum atomic E-state index is 11.7. The molecule has 1 amide bonds. The Balaban J connectivity index is 1.93. The molecule has 20 heavy (non-hydrogen) atoms. The number of fused-ring (bicyclic) bond motifs is 1. The molecule has 1 unspecified atom stereocenters. The van der Waals surface area contributed by atoms with Crippen molar-refractivity contribution >= 4 is 16.7 Å². The van der Waals surface area contributed by atoms with Crippen LogP contribution in [0.4, 0.5) is 0 Å². The zero-order valence-electron chi connectivity index (χ0n) is 12.1. The molecule has 2 heteroatoms. The smallest absolute Gasteiger partial charge is 0.220 e. The van der Waals surface area contributed by atoms with Crippen LogP contribution < -0.4 is 5.32 Å². The molecule has 0 spiro atoms. The van der Waals surface area contributed by atoms with Crippen LogP contribution in [0.25, 0.3) is 10.8 Å². The summed E-state index contributed by atoms with van der Waals surface area (Å²) in [7, 11) is 0. The minimum Gasteiger partial charge on any atom is -0.350 e. The summed E-state index contributed by atoms with van der Waals surface area (Å²) in [5.41, 5.74) is 1.24. The van der Waals surface area contributed by atoms with E-state index in [9.17, 15) is 4.79 Å². The standard InChI is InChI=1S/C18H21NO/c1-13(2)18(10-9-17(20)19-18)12-14-7-8-15-5-3-4-6-16(15)11-14/h3-8,11,13H,9-10,12H2,1-2H3,(H,19,20). The fraction of sp³-hybridized carbons (Fsp3) is 0.389. The molecule has 1 heterocycles. The maximum absolute atomic E-state index is 11.7. The first-order valence-corrected chi connectivity index (χ1v) is 7.38. The molecule has 1 N–H and O–H groups in total. The molecule has 1 aliphatic rings. The van der Waals surface area contributed by atoms with Gasteiger partial charge in [0.1, 0.15) is 0 Å². The van der Waals surface area contributed by atoms with Crippen LogP contribution in [0.1, 0.15) is 32.3 Å². The summed E-state index contributed by atoms with van der Waals surface area (Å²) in [6, 6.07) is 15.0. The summed E-state index contributed by atoms with van der Waals surface area (Å²) in [6.07, 6.45) is 2.52. The third kappa shape index (κ3) is 2.31. The van der Waals surface area contributed by atoms with Gasteiger partial charge in [0.2, 0.25) is 5.91 Å². The highest BCUT2D eigenvalue weighted by Crippen LogP contribution is 2.32. The lowest BCUT2D eigenvalue weighted by molar-refractivity contribution is -0.120. The lowest BCUT2D eigenvalue weighted by Crippen LogP contribution is -2.48. The monoisotopic (exact) mass is 267 g/mol. The molecular formula is C18H21NO. The quantitative estimate of drug-likeness (QED) is 0.903. The van der Waals surface area contributed by atoms with E-state index in [2.05, 4.69) is 61.6 Å². The van der Waals surface area contributed by atoms with Gasteiger partial charge in [-0.15, -0.1) is 0 Å². The van der Waals surface area contributed by atoms with E-state index in [1.54, 1.807) is 0 Å². The van der Waals surface area contributed by atoms with E-state index < -0.39 is 0 Å². The van der Waals surface area contributed by atoms with Gasteiger partial charge in [-0.05, 0) is 35.1 Å². The zero-order chi connectivity index (χ0) is 14.2. The van der Waals surface area contributed by atoms with Crippen LogP contribution in [0.15, 0.2) is 42.5 Å². The minimum absolute atomic E-state index is 0.0699. The number of hydrogen-bond donors (Lipinski definition) is 1. The van der Waals surface area contributed by atoms with Gasteiger partial charge in [-0.1, -0.05) is 56.3 Å². The maximum Gasteiger partial charge on any atom is 0.220 e. The average Bonchev–Trinajstić information content (AvgIpc) is 2.81.